The van der Waals surface area contributed by atoms with Crippen molar-refractivity contribution < 1.29 is 14.6 Å². The van der Waals surface area contributed by atoms with Crippen LogP contribution in [0.15, 0.2) is 60.7 Å². The zero-order valence-corrected chi connectivity index (χ0v) is 15.1. The van der Waals surface area contributed by atoms with Crippen LogP contribution in [0.4, 0.5) is 0 Å². The van der Waals surface area contributed by atoms with Gasteiger partial charge >= 0.3 is 5.97 Å². The molecular weight excluding hydrogens is 326 g/mol. The van der Waals surface area contributed by atoms with Gasteiger partial charge in [0.1, 0.15) is 0 Å². The van der Waals surface area contributed by atoms with E-state index in [1.165, 1.54) is 0 Å². The van der Waals surface area contributed by atoms with Gasteiger partial charge in [0.2, 0.25) is 0 Å². The van der Waals surface area contributed by atoms with E-state index in [2.05, 4.69) is 4.57 Å². The first-order chi connectivity index (χ1) is 12.6. The third-order valence-corrected chi connectivity index (χ3v) is 4.58. The molecule has 4 nitrogen and oxygen atoms in total. The standard InChI is InChI=1S/C22H23NO3/c1-16-19(22(24)25)20(17-10-5-3-6-11-17)21(18-12-7-4-8-13-18)23(16)14-9-15-26-2/h3-8,10-13H,9,14-15H2,1-2H3,(H,24,25). The predicted molar refractivity (Wildman–Crippen MR) is 103 cm³/mol. The van der Waals surface area contributed by atoms with E-state index in [0.29, 0.717) is 18.7 Å². The van der Waals surface area contributed by atoms with Gasteiger partial charge in [-0.15, -0.1) is 0 Å². The molecule has 0 saturated carbocycles. The average molecular weight is 349 g/mol. The normalized spacial score (nSPS) is 10.8. The van der Waals surface area contributed by atoms with Crippen molar-refractivity contribution in [3.05, 3.63) is 71.9 Å². The van der Waals surface area contributed by atoms with Gasteiger partial charge in [0.15, 0.2) is 0 Å². The highest BCUT2D eigenvalue weighted by atomic mass is 16.5. The Morgan fingerprint density at radius 2 is 1.58 bits per heavy atom. The third-order valence-electron chi connectivity index (χ3n) is 4.58. The summed E-state index contributed by atoms with van der Waals surface area (Å²) < 4.78 is 7.30. The molecule has 0 fully saturated rings. The van der Waals surface area contributed by atoms with Gasteiger partial charge in [-0.2, -0.15) is 0 Å². The quantitative estimate of drug-likeness (QED) is 0.619. The van der Waals surface area contributed by atoms with Crippen molar-refractivity contribution >= 4 is 5.97 Å². The number of benzene rings is 2. The van der Waals surface area contributed by atoms with Gasteiger partial charge in [0.05, 0.1) is 11.3 Å². The van der Waals surface area contributed by atoms with Crippen molar-refractivity contribution in [3.63, 3.8) is 0 Å². The number of methoxy groups -OCH3 is 1. The number of nitrogens with zero attached hydrogens (tertiary/aromatic N) is 1. The van der Waals surface area contributed by atoms with Crippen LogP contribution >= 0.6 is 0 Å². The summed E-state index contributed by atoms with van der Waals surface area (Å²) in [6.07, 6.45) is 0.819. The second-order valence-corrected chi connectivity index (χ2v) is 6.22. The first kappa shape index (κ1) is 18.0. The molecule has 0 atom stereocenters. The van der Waals surface area contributed by atoms with E-state index < -0.39 is 5.97 Å². The molecule has 0 bridgehead atoms. The van der Waals surface area contributed by atoms with E-state index in [1.807, 2.05) is 67.6 Å². The summed E-state index contributed by atoms with van der Waals surface area (Å²) in [5.41, 5.74) is 4.79. The minimum absolute atomic E-state index is 0.368. The van der Waals surface area contributed by atoms with Crippen molar-refractivity contribution in [2.45, 2.75) is 19.9 Å². The summed E-state index contributed by atoms with van der Waals surface area (Å²) in [4.78, 5) is 12.1. The van der Waals surface area contributed by atoms with E-state index in [0.717, 1.165) is 34.5 Å². The summed E-state index contributed by atoms with van der Waals surface area (Å²) >= 11 is 0. The Labute approximate surface area is 153 Å². The lowest BCUT2D eigenvalue weighted by molar-refractivity contribution is 0.0696. The Kier molecular flexibility index (Phi) is 5.54. The third kappa shape index (κ3) is 3.41. The van der Waals surface area contributed by atoms with Gasteiger partial charge in [-0.05, 0) is 24.5 Å². The fourth-order valence-electron chi connectivity index (χ4n) is 3.43. The largest absolute Gasteiger partial charge is 0.478 e. The van der Waals surface area contributed by atoms with Crippen LogP contribution in [0.3, 0.4) is 0 Å². The molecule has 4 heteroatoms. The second kappa shape index (κ2) is 8.02. The predicted octanol–water partition coefficient (Wildman–Crippen LogP) is 4.87. The smallest absolute Gasteiger partial charge is 0.338 e. The molecule has 3 rings (SSSR count). The van der Waals surface area contributed by atoms with Crippen LogP contribution < -0.4 is 0 Å². The number of aromatic nitrogens is 1. The Balaban J connectivity index is 2.29. The van der Waals surface area contributed by atoms with Gasteiger partial charge in [0.25, 0.3) is 0 Å². The van der Waals surface area contributed by atoms with Crippen molar-refractivity contribution in [1.82, 2.24) is 4.57 Å². The minimum atomic E-state index is -0.899. The fraction of sp³-hybridized carbons (Fsp3) is 0.227. The number of carboxylic acids is 1. The molecule has 2 aromatic carbocycles. The Morgan fingerprint density at radius 1 is 1.00 bits per heavy atom. The second-order valence-electron chi connectivity index (χ2n) is 6.22. The van der Waals surface area contributed by atoms with Crippen molar-refractivity contribution in [1.29, 1.82) is 0 Å². The van der Waals surface area contributed by atoms with E-state index in [-0.39, 0.29) is 0 Å². The van der Waals surface area contributed by atoms with Crippen LogP contribution in [0.25, 0.3) is 22.4 Å². The molecule has 0 spiro atoms. The van der Waals surface area contributed by atoms with Gasteiger partial charge in [-0.3, -0.25) is 0 Å². The number of ether oxygens (including phenoxy) is 1. The molecular formula is C22H23NO3. The van der Waals surface area contributed by atoms with Crippen LogP contribution in [0, 0.1) is 6.92 Å². The molecule has 0 saturated heterocycles. The van der Waals surface area contributed by atoms with Crippen LogP contribution in [0.2, 0.25) is 0 Å². The number of carbonyl (C=O) groups is 1. The molecule has 1 heterocycles. The monoisotopic (exact) mass is 349 g/mol. The zero-order chi connectivity index (χ0) is 18.5. The van der Waals surface area contributed by atoms with Crippen LogP contribution in [-0.4, -0.2) is 29.4 Å². The molecule has 0 amide bonds. The zero-order valence-electron chi connectivity index (χ0n) is 15.1. The highest BCUT2D eigenvalue weighted by molar-refractivity contribution is 6.02. The maximum atomic E-state index is 12.1. The van der Waals surface area contributed by atoms with E-state index in [1.54, 1.807) is 7.11 Å². The molecule has 1 N–H and O–H groups in total. The summed E-state index contributed by atoms with van der Waals surface area (Å²) in [6, 6.07) is 19.7. The summed E-state index contributed by atoms with van der Waals surface area (Å²) in [7, 11) is 1.68. The van der Waals surface area contributed by atoms with E-state index in [9.17, 15) is 9.90 Å². The summed E-state index contributed by atoms with van der Waals surface area (Å²) in [5, 5.41) is 9.93. The van der Waals surface area contributed by atoms with Crippen LogP contribution in [-0.2, 0) is 11.3 Å². The number of hydrogen-bond donors (Lipinski definition) is 1. The Hall–Kier alpha value is -2.85. The van der Waals surface area contributed by atoms with Crippen molar-refractivity contribution in [3.8, 4) is 22.4 Å². The van der Waals surface area contributed by atoms with E-state index >= 15 is 0 Å². The molecule has 1 aromatic heterocycles. The molecule has 0 unspecified atom stereocenters. The molecule has 0 aliphatic carbocycles. The lowest BCUT2D eigenvalue weighted by Crippen LogP contribution is -2.06. The summed E-state index contributed by atoms with van der Waals surface area (Å²) in [5.74, 6) is -0.899. The average Bonchev–Trinajstić information content (AvgIpc) is 2.96. The Bertz CT molecular complexity index is 883. The highest BCUT2D eigenvalue weighted by Gasteiger charge is 2.26. The summed E-state index contributed by atoms with van der Waals surface area (Å²) in [6.45, 7) is 3.22. The number of carboxylic acid groups (broad SMARTS) is 1. The highest BCUT2D eigenvalue weighted by Crippen LogP contribution is 2.39. The molecule has 26 heavy (non-hydrogen) atoms. The molecule has 134 valence electrons. The topological polar surface area (TPSA) is 51.5 Å². The van der Waals surface area contributed by atoms with Crippen LogP contribution in [0.1, 0.15) is 22.5 Å². The number of aromatic carboxylic acids is 1. The van der Waals surface area contributed by atoms with Crippen LogP contribution in [0.5, 0.6) is 0 Å². The van der Waals surface area contributed by atoms with Crippen molar-refractivity contribution in [2.24, 2.45) is 0 Å². The van der Waals surface area contributed by atoms with Gasteiger partial charge in [-0.25, -0.2) is 4.79 Å². The minimum Gasteiger partial charge on any atom is -0.478 e. The first-order valence-corrected chi connectivity index (χ1v) is 8.71. The molecule has 3 aromatic rings. The number of hydrogen-bond acceptors (Lipinski definition) is 2. The van der Waals surface area contributed by atoms with Crippen molar-refractivity contribution in [2.75, 3.05) is 13.7 Å². The SMILES string of the molecule is COCCCn1c(C)c(C(=O)O)c(-c2ccccc2)c1-c1ccccc1. The van der Waals surface area contributed by atoms with Gasteiger partial charge in [0, 0.05) is 31.5 Å². The maximum absolute atomic E-state index is 12.1. The molecule has 0 radical (unpaired) electrons. The van der Waals surface area contributed by atoms with Gasteiger partial charge in [-0.1, -0.05) is 60.7 Å². The molecule has 0 aliphatic heterocycles. The number of rotatable bonds is 7. The van der Waals surface area contributed by atoms with Gasteiger partial charge < -0.3 is 14.4 Å². The lowest BCUT2D eigenvalue weighted by atomic mass is 9.97. The first-order valence-electron chi connectivity index (χ1n) is 8.71. The Morgan fingerprint density at radius 3 is 2.12 bits per heavy atom. The lowest BCUT2D eigenvalue weighted by Gasteiger charge is -2.13. The van der Waals surface area contributed by atoms with E-state index in [4.69, 9.17) is 4.74 Å². The maximum Gasteiger partial charge on any atom is 0.338 e. The molecule has 0 aliphatic rings. The fourth-order valence-corrected chi connectivity index (χ4v) is 3.43.